The summed E-state index contributed by atoms with van der Waals surface area (Å²) in [4.78, 5) is 21.8. The highest BCUT2D eigenvalue weighted by atomic mass is 19.4. The van der Waals surface area contributed by atoms with Crippen LogP contribution in [0.1, 0.15) is 16.8 Å². The van der Waals surface area contributed by atoms with Crippen LogP contribution < -0.4 is 11.1 Å². The molecule has 0 saturated heterocycles. The number of nitrogens with one attached hydrogen (secondary N) is 1. The Balaban J connectivity index is 2.93. The number of carbonyl (C=O) groups excluding carboxylic acids is 1. The van der Waals surface area contributed by atoms with Crippen molar-refractivity contribution in [2.45, 2.75) is 12.6 Å². The standard InChI is InChI=1S/C10H9F3N2O3/c11-10(12,13)4-8(16)15-7-3-5(14)1-2-6(7)9(17)18/h1-3H,4,14H2,(H,15,16)(H,17,18). The summed E-state index contributed by atoms with van der Waals surface area (Å²) in [6.07, 6.45) is -6.35. The number of aromatic carboxylic acids is 1. The van der Waals surface area contributed by atoms with Crippen molar-refractivity contribution in [2.75, 3.05) is 11.1 Å². The predicted octanol–water partition coefficient (Wildman–Crippen LogP) is 1.86. The van der Waals surface area contributed by atoms with Gasteiger partial charge in [0.05, 0.1) is 11.3 Å². The first-order valence-corrected chi connectivity index (χ1v) is 4.68. The van der Waals surface area contributed by atoms with E-state index in [4.69, 9.17) is 10.8 Å². The summed E-state index contributed by atoms with van der Waals surface area (Å²) in [7, 11) is 0. The molecular weight excluding hydrogens is 253 g/mol. The van der Waals surface area contributed by atoms with Gasteiger partial charge in [0.1, 0.15) is 6.42 Å². The fourth-order valence-electron chi connectivity index (χ4n) is 1.23. The Morgan fingerprint density at radius 2 is 1.94 bits per heavy atom. The molecular formula is C10H9F3N2O3. The van der Waals surface area contributed by atoms with E-state index in [9.17, 15) is 22.8 Å². The fraction of sp³-hybridized carbons (Fsp3) is 0.200. The van der Waals surface area contributed by atoms with Gasteiger partial charge in [-0.15, -0.1) is 0 Å². The number of benzene rings is 1. The maximum Gasteiger partial charge on any atom is 0.397 e. The molecule has 5 nitrogen and oxygen atoms in total. The highest BCUT2D eigenvalue weighted by molar-refractivity contribution is 6.01. The van der Waals surface area contributed by atoms with E-state index in [1.165, 1.54) is 6.07 Å². The van der Waals surface area contributed by atoms with E-state index in [0.717, 1.165) is 12.1 Å². The van der Waals surface area contributed by atoms with Gasteiger partial charge >= 0.3 is 12.1 Å². The third-order valence-corrected chi connectivity index (χ3v) is 1.91. The van der Waals surface area contributed by atoms with E-state index >= 15 is 0 Å². The quantitative estimate of drug-likeness (QED) is 0.725. The normalized spacial score (nSPS) is 11.1. The molecule has 18 heavy (non-hydrogen) atoms. The lowest BCUT2D eigenvalue weighted by Gasteiger charge is -2.10. The van der Waals surface area contributed by atoms with Gasteiger partial charge in [0.15, 0.2) is 0 Å². The van der Waals surface area contributed by atoms with Crippen molar-refractivity contribution < 1.29 is 27.9 Å². The van der Waals surface area contributed by atoms with Crippen LogP contribution in [-0.4, -0.2) is 23.2 Å². The molecule has 0 aliphatic heterocycles. The van der Waals surface area contributed by atoms with Crippen LogP contribution in [-0.2, 0) is 4.79 Å². The van der Waals surface area contributed by atoms with Gasteiger partial charge in [-0.25, -0.2) is 4.79 Å². The van der Waals surface area contributed by atoms with Crippen LogP contribution >= 0.6 is 0 Å². The molecule has 8 heteroatoms. The van der Waals surface area contributed by atoms with Gasteiger partial charge in [0.25, 0.3) is 0 Å². The average molecular weight is 262 g/mol. The van der Waals surface area contributed by atoms with E-state index in [2.05, 4.69) is 0 Å². The summed E-state index contributed by atoms with van der Waals surface area (Å²) >= 11 is 0. The van der Waals surface area contributed by atoms with E-state index in [1.807, 2.05) is 5.32 Å². The Hall–Kier alpha value is -2.25. The van der Waals surface area contributed by atoms with Gasteiger partial charge < -0.3 is 16.2 Å². The van der Waals surface area contributed by atoms with E-state index < -0.39 is 24.5 Å². The van der Waals surface area contributed by atoms with Crippen molar-refractivity contribution in [3.8, 4) is 0 Å². The van der Waals surface area contributed by atoms with Crippen molar-refractivity contribution in [1.29, 1.82) is 0 Å². The number of carboxylic acids is 1. The third kappa shape index (κ3) is 3.96. The van der Waals surface area contributed by atoms with Crippen LogP contribution in [0.2, 0.25) is 0 Å². The van der Waals surface area contributed by atoms with Crippen molar-refractivity contribution >= 4 is 23.3 Å². The summed E-state index contributed by atoms with van der Waals surface area (Å²) in [5.41, 5.74) is 4.89. The van der Waals surface area contributed by atoms with Crippen LogP contribution in [0.15, 0.2) is 18.2 Å². The molecule has 0 bridgehead atoms. The van der Waals surface area contributed by atoms with E-state index in [0.29, 0.717) is 0 Å². The smallest absolute Gasteiger partial charge is 0.397 e. The summed E-state index contributed by atoms with van der Waals surface area (Å²) in [5, 5.41) is 10.7. The Labute approximate surface area is 99.4 Å². The molecule has 0 aromatic heterocycles. The SMILES string of the molecule is Nc1ccc(C(=O)O)c(NC(=O)CC(F)(F)F)c1. The lowest BCUT2D eigenvalue weighted by Crippen LogP contribution is -2.22. The Morgan fingerprint density at radius 1 is 1.33 bits per heavy atom. The van der Waals surface area contributed by atoms with Crippen molar-refractivity contribution in [2.24, 2.45) is 0 Å². The molecule has 1 amide bonds. The minimum Gasteiger partial charge on any atom is -0.478 e. The van der Waals surface area contributed by atoms with Crippen LogP contribution in [0.25, 0.3) is 0 Å². The number of hydrogen-bond acceptors (Lipinski definition) is 3. The molecule has 0 heterocycles. The second kappa shape index (κ2) is 4.94. The van der Waals surface area contributed by atoms with Crippen LogP contribution in [0.5, 0.6) is 0 Å². The lowest BCUT2D eigenvalue weighted by molar-refractivity contribution is -0.150. The zero-order valence-corrected chi connectivity index (χ0v) is 8.91. The van der Waals surface area contributed by atoms with E-state index in [-0.39, 0.29) is 16.9 Å². The summed E-state index contributed by atoms with van der Waals surface area (Å²) in [5.74, 6) is -2.73. The average Bonchev–Trinajstić information content (AvgIpc) is 2.13. The Morgan fingerprint density at radius 3 is 2.44 bits per heavy atom. The molecule has 0 unspecified atom stereocenters. The van der Waals surface area contributed by atoms with Gasteiger partial charge in [0, 0.05) is 5.69 Å². The highest BCUT2D eigenvalue weighted by Crippen LogP contribution is 2.23. The second-order valence-corrected chi connectivity index (χ2v) is 3.45. The molecule has 0 atom stereocenters. The molecule has 0 aliphatic carbocycles. The number of nitrogens with two attached hydrogens (primary N) is 1. The first-order valence-electron chi connectivity index (χ1n) is 4.68. The number of nitrogen functional groups attached to an aromatic ring is 1. The van der Waals surface area contributed by atoms with Crippen molar-refractivity contribution in [3.05, 3.63) is 23.8 Å². The first-order chi connectivity index (χ1) is 8.19. The number of halogens is 3. The number of hydrogen-bond donors (Lipinski definition) is 3. The maximum absolute atomic E-state index is 11.9. The molecule has 1 aromatic carbocycles. The number of alkyl halides is 3. The van der Waals surface area contributed by atoms with Crippen LogP contribution in [0.4, 0.5) is 24.5 Å². The minimum absolute atomic E-state index is 0.127. The monoisotopic (exact) mass is 262 g/mol. The Kier molecular flexibility index (Phi) is 3.79. The molecule has 0 saturated carbocycles. The molecule has 98 valence electrons. The fourth-order valence-corrected chi connectivity index (χ4v) is 1.23. The topological polar surface area (TPSA) is 92.4 Å². The van der Waals surface area contributed by atoms with Crippen molar-refractivity contribution in [3.63, 3.8) is 0 Å². The number of rotatable bonds is 3. The van der Waals surface area contributed by atoms with Crippen LogP contribution in [0.3, 0.4) is 0 Å². The zero-order valence-electron chi connectivity index (χ0n) is 8.91. The molecule has 1 rings (SSSR count). The maximum atomic E-state index is 11.9. The largest absolute Gasteiger partial charge is 0.478 e. The number of amides is 1. The summed E-state index contributed by atoms with van der Waals surface area (Å²) in [6.45, 7) is 0. The van der Waals surface area contributed by atoms with Gasteiger partial charge in [-0.3, -0.25) is 4.79 Å². The summed E-state index contributed by atoms with van der Waals surface area (Å²) in [6, 6.07) is 3.45. The van der Waals surface area contributed by atoms with Crippen molar-refractivity contribution in [1.82, 2.24) is 0 Å². The van der Waals surface area contributed by atoms with E-state index in [1.54, 1.807) is 0 Å². The summed E-state index contributed by atoms with van der Waals surface area (Å²) < 4.78 is 35.8. The molecule has 4 N–H and O–H groups in total. The first kappa shape index (κ1) is 13.8. The zero-order chi connectivity index (χ0) is 13.9. The second-order valence-electron chi connectivity index (χ2n) is 3.45. The molecule has 0 aliphatic rings. The van der Waals surface area contributed by atoms with Gasteiger partial charge in [-0.05, 0) is 18.2 Å². The highest BCUT2D eigenvalue weighted by Gasteiger charge is 2.31. The molecule has 0 radical (unpaired) electrons. The number of carbonyl (C=O) groups is 2. The minimum atomic E-state index is -4.66. The predicted molar refractivity (Wildman–Crippen MR) is 57.1 cm³/mol. The molecule has 0 spiro atoms. The Bertz CT molecular complexity index is 486. The number of carboxylic acid groups (broad SMARTS) is 1. The van der Waals surface area contributed by atoms with Gasteiger partial charge in [-0.2, -0.15) is 13.2 Å². The molecule has 1 aromatic rings. The van der Waals surface area contributed by atoms with Gasteiger partial charge in [-0.1, -0.05) is 0 Å². The van der Waals surface area contributed by atoms with Gasteiger partial charge in [0.2, 0.25) is 5.91 Å². The lowest BCUT2D eigenvalue weighted by atomic mass is 10.1. The van der Waals surface area contributed by atoms with Crippen LogP contribution in [0, 0.1) is 0 Å². The molecule has 0 fully saturated rings. The number of anilines is 2. The third-order valence-electron chi connectivity index (χ3n) is 1.91.